The van der Waals surface area contributed by atoms with Crippen LogP contribution in [0.5, 0.6) is 0 Å². The van der Waals surface area contributed by atoms with Crippen molar-refractivity contribution >= 4 is 14.8 Å². The molecule has 0 N–H and O–H groups in total. The quantitative estimate of drug-likeness (QED) is 0.0747. The minimum Gasteiger partial charge on any atom is -0.545 e. The van der Waals surface area contributed by atoms with Crippen LogP contribution in [0.4, 0.5) is 0 Å². The fourth-order valence-corrected chi connectivity index (χ4v) is 6.76. The second-order valence-corrected chi connectivity index (χ2v) is 14.5. The summed E-state index contributed by atoms with van der Waals surface area (Å²) in [5.41, 5.74) is 0.220. The van der Waals surface area contributed by atoms with Gasteiger partial charge in [-0.2, -0.15) is 0 Å². The van der Waals surface area contributed by atoms with Crippen molar-refractivity contribution in [2.24, 2.45) is 0 Å². The van der Waals surface area contributed by atoms with Gasteiger partial charge in [0.1, 0.15) is 0 Å². The zero-order valence-corrected chi connectivity index (χ0v) is 27.3. The number of carbonyl (C=O) groups excluding carboxylic acids is 1. The zero-order valence-electron chi connectivity index (χ0n) is 26.3. The van der Waals surface area contributed by atoms with Gasteiger partial charge in [0.2, 0.25) is 0 Å². The minimum atomic E-state index is -2.43. The Hall–Kier alpha value is -1.25. The Balaban J connectivity index is 0.00000134. The minimum absolute atomic E-state index is 0.220. The largest absolute Gasteiger partial charge is 0.545 e. The monoisotopic (exact) mass is 567 g/mol. The maximum Gasteiger partial charge on any atom is 0.505 e. The predicted octanol–water partition coefficient (Wildman–Crippen LogP) is 7.25. The highest BCUT2D eigenvalue weighted by atomic mass is 28.4. The van der Waals surface area contributed by atoms with Crippen molar-refractivity contribution in [3.63, 3.8) is 0 Å². The van der Waals surface area contributed by atoms with Crippen LogP contribution in [0.2, 0.25) is 6.04 Å². The second kappa shape index (κ2) is 24.5. The summed E-state index contributed by atoms with van der Waals surface area (Å²) >= 11 is 0. The molecule has 0 aliphatic carbocycles. The standard InChI is InChI=1S/C25H56NO3Si.C7H6O2/c1-7-8-9-10-11-12-13-14-15-16-17-18-19-20-21-22-23-26(2,3)24-25-30(27-4,28-5)29-6;8-7(9)6-4-2-1-3-5-6/h7-25H2,1-6H3;1-5H,(H,8,9)/q+1;/p-1. The molecule has 7 heteroatoms. The van der Waals surface area contributed by atoms with Gasteiger partial charge in [0.15, 0.2) is 0 Å². The molecule has 0 spiro atoms. The Bertz CT molecular complexity index is 674. The Morgan fingerprint density at radius 3 is 1.38 bits per heavy atom. The topological polar surface area (TPSA) is 67.8 Å². The highest BCUT2D eigenvalue weighted by Gasteiger charge is 2.39. The van der Waals surface area contributed by atoms with E-state index >= 15 is 0 Å². The van der Waals surface area contributed by atoms with Gasteiger partial charge in [0, 0.05) is 21.3 Å². The van der Waals surface area contributed by atoms with E-state index in [2.05, 4.69) is 21.0 Å². The van der Waals surface area contributed by atoms with Crippen LogP contribution in [0.3, 0.4) is 0 Å². The van der Waals surface area contributed by atoms with Crippen LogP contribution in [-0.4, -0.2) is 67.8 Å². The number of aromatic carboxylic acids is 1. The van der Waals surface area contributed by atoms with Crippen molar-refractivity contribution in [1.82, 2.24) is 0 Å². The molecule has 0 heterocycles. The molecule has 0 aromatic heterocycles. The maximum atomic E-state index is 10.1. The Morgan fingerprint density at radius 2 is 1.05 bits per heavy atom. The number of carboxylic acids is 1. The number of quaternary nitrogens is 1. The SMILES string of the molecule is CCCCCCCCCCCCCCCCCC[N+](C)(C)CC[Si](OC)(OC)OC.O=C([O-])c1ccccc1. The third-order valence-corrected chi connectivity index (χ3v) is 10.3. The number of carbonyl (C=O) groups is 1. The molecule has 1 aromatic rings. The average molecular weight is 568 g/mol. The van der Waals surface area contributed by atoms with Crippen molar-refractivity contribution in [3.05, 3.63) is 35.9 Å². The molecule has 0 radical (unpaired) electrons. The van der Waals surface area contributed by atoms with Crippen molar-refractivity contribution in [3.8, 4) is 0 Å². The molecular formula is C32H61NO5Si. The van der Waals surface area contributed by atoms with E-state index in [1.165, 1.54) is 121 Å². The third-order valence-electron chi connectivity index (χ3n) is 7.58. The van der Waals surface area contributed by atoms with E-state index in [0.29, 0.717) is 0 Å². The lowest BCUT2D eigenvalue weighted by atomic mass is 10.0. The van der Waals surface area contributed by atoms with E-state index in [4.69, 9.17) is 13.3 Å². The summed E-state index contributed by atoms with van der Waals surface area (Å²) in [4.78, 5) is 10.1. The summed E-state index contributed by atoms with van der Waals surface area (Å²) in [5, 5.41) is 10.1. The molecule has 6 nitrogen and oxygen atoms in total. The predicted molar refractivity (Wildman–Crippen MR) is 164 cm³/mol. The molecule has 0 unspecified atom stereocenters. The molecule has 0 aliphatic heterocycles. The summed E-state index contributed by atoms with van der Waals surface area (Å²) in [6.07, 6.45) is 22.8. The van der Waals surface area contributed by atoms with E-state index in [1.54, 1.807) is 39.5 Å². The summed E-state index contributed by atoms with van der Waals surface area (Å²) in [7, 11) is 7.30. The first-order chi connectivity index (χ1) is 18.8. The Kier molecular flexibility index (Phi) is 23.7. The average Bonchev–Trinajstić information content (AvgIpc) is 2.94. The Labute approximate surface area is 242 Å². The van der Waals surface area contributed by atoms with Gasteiger partial charge >= 0.3 is 8.80 Å². The normalized spacial score (nSPS) is 11.7. The van der Waals surface area contributed by atoms with Crippen LogP contribution in [0.15, 0.2) is 30.3 Å². The highest BCUT2D eigenvalue weighted by Crippen LogP contribution is 2.17. The highest BCUT2D eigenvalue weighted by molar-refractivity contribution is 6.60. The van der Waals surface area contributed by atoms with E-state index in [-0.39, 0.29) is 5.56 Å². The van der Waals surface area contributed by atoms with Gasteiger partial charge in [0.25, 0.3) is 0 Å². The first-order valence-electron chi connectivity index (χ1n) is 15.5. The Morgan fingerprint density at radius 1 is 0.667 bits per heavy atom. The van der Waals surface area contributed by atoms with E-state index < -0.39 is 14.8 Å². The van der Waals surface area contributed by atoms with Crippen molar-refractivity contribution in [1.29, 1.82) is 0 Å². The number of nitrogens with zero attached hydrogens (tertiary/aromatic N) is 1. The number of hydrogen-bond acceptors (Lipinski definition) is 5. The lowest BCUT2D eigenvalue weighted by molar-refractivity contribution is -0.888. The van der Waals surface area contributed by atoms with Gasteiger partial charge in [0.05, 0.1) is 39.2 Å². The van der Waals surface area contributed by atoms with E-state index in [0.717, 1.165) is 17.1 Å². The van der Waals surface area contributed by atoms with Gasteiger partial charge in [-0.1, -0.05) is 127 Å². The van der Waals surface area contributed by atoms with Crippen LogP contribution in [0.25, 0.3) is 0 Å². The molecule has 0 saturated carbocycles. The summed E-state index contributed by atoms with van der Waals surface area (Å²) in [6.45, 7) is 4.56. The smallest absolute Gasteiger partial charge is 0.505 e. The zero-order chi connectivity index (χ0) is 29.2. The van der Waals surface area contributed by atoms with Crippen LogP contribution >= 0.6 is 0 Å². The van der Waals surface area contributed by atoms with Gasteiger partial charge in [-0.25, -0.2) is 0 Å². The summed E-state index contributed by atoms with van der Waals surface area (Å²) in [6, 6.07) is 8.94. The molecule has 0 saturated heterocycles. The molecule has 1 aromatic carbocycles. The molecular weight excluding hydrogens is 506 g/mol. The van der Waals surface area contributed by atoms with Gasteiger partial charge in [-0.05, 0) is 18.4 Å². The molecule has 0 aliphatic rings. The molecule has 0 fully saturated rings. The number of unbranched alkanes of at least 4 members (excludes halogenated alkanes) is 15. The maximum absolute atomic E-state index is 10.1. The second-order valence-electron chi connectivity index (χ2n) is 11.4. The van der Waals surface area contributed by atoms with Crippen LogP contribution < -0.4 is 5.11 Å². The van der Waals surface area contributed by atoms with E-state index in [1.807, 2.05) is 0 Å². The summed E-state index contributed by atoms with van der Waals surface area (Å²) in [5.74, 6) is -1.13. The molecule has 0 amide bonds. The van der Waals surface area contributed by atoms with Crippen molar-refractivity contribution in [2.75, 3.05) is 48.5 Å². The number of hydrogen-bond donors (Lipinski definition) is 0. The van der Waals surface area contributed by atoms with Gasteiger partial charge < -0.3 is 27.7 Å². The molecule has 1 rings (SSSR count). The van der Waals surface area contributed by atoms with Gasteiger partial charge in [-0.3, -0.25) is 0 Å². The molecule has 0 atom stereocenters. The van der Waals surface area contributed by atoms with Gasteiger partial charge in [-0.15, -0.1) is 0 Å². The molecule has 39 heavy (non-hydrogen) atoms. The van der Waals surface area contributed by atoms with Crippen molar-refractivity contribution in [2.45, 2.75) is 116 Å². The first-order valence-corrected chi connectivity index (χ1v) is 17.4. The van der Waals surface area contributed by atoms with Crippen LogP contribution in [0.1, 0.15) is 120 Å². The number of carboxylic acid groups (broad SMARTS) is 1. The fourth-order valence-electron chi connectivity index (χ4n) is 4.77. The number of benzene rings is 1. The van der Waals surface area contributed by atoms with Crippen LogP contribution in [0, 0.1) is 0 Å². The van der Waals surface area contributed by atoms with Crippen LogP contribution in [-0.2, 0) is 13.3 Å². The number of rotatable bonds is 24. The molecule has 228 valence electrons. The first kappa shape index (κ1) is 37.7. The lowest BCUT2D eigenvalue weighted by Gasteiger charge is -2.33. The fraction of sp³-hybridized carbons (Fsp3) is 0.781. The van der Waals surface area contributed by atoms with Crippen molar-refractivity contribution < 1.29 is 27.7 Å². The third kappa shape index (κ3) is 21.2. The van der Waals surface area contributed by atoms with E-state index in [9.17, 15) is 9.90 Å². The summed E-state index contributed by atoms with van der Waals surface area (Å²) < 4.78 is 17.7. The lowest BCUT2D eigenvalue weighted by Crippen LogP contribution is -2.49. The molecule has 0 bridgehead atoms.